The molecule has 39 heavy (non-hydrogen) atoms. The summed E-state index contributed by atoms with van der Waals surface area (Å²) in [4.78, 5) is 56.4. The molecule has 1 aromatic carbocycles. The first-order valence-electron chi connectivity index (χ1n) is 12.7. The molecule has 3 amide bonds. The number of rotatable bonds is 15. The Hall–Kier alpha value is -3.52. The minimum absolute atomic E-state index is 0.103. The summed E-state index contributed by atoms with van der Waals surface area (Å²) in [6.07, 6.45) is 3.78. The monoisotopic (exact) mass is 565 g/mol. The molecule has 0 aliphatic carbocycles. The van der Waals surface area contributed by atoms with E-state index in [4.69, 9.17) is 17.2 Å². The van der Waals surface area contributed by atoms with E-state index in [1.54, 1.807) is 12.1 Å². The van der Waals surface area contributed by atoms with Crippen LogP contribution in [0, 0.1) is 0 Å². The van der Waals surface area contributed by atoms with Crippen LogP contribution in [0.5, 0.6) is 5.75 Å². The molecule has 4 atom stereocenters. The SMILES string of the molecule is CSCCC(NC(=O)C(CCCN=C(N)N)NC(=O)C1CCCN1C(=O)C(N)Cc1ccc(O)cc1)C(=O)O. The Morgan fingerprint density at radius 3 is 2.44 bits per heavy atom. The predicted octanol–water partition coefficient (Wildman–Crippen LogP) is -0.886. The number of benzene rings is 1. The maximum atomic E-state index is 13.3. The van der Waals surface area contributed by atoms with Gasteiger partial charge in [-0.15, -0.1) is 0 Å². The van der Waals surface area contributed by atoms with E-state index in [1.807, 2.05) is 6.26 Å². The number of carboxylic acid groups (broad SMARTS) is 1. The molecule has 0 saturated carbocycles. The molecule has 0 spiro atoms. The zero-order valence-electron chi connectivity index (χ0n) is 22.0. The van der Waals surface area contributed by atoms with Gasteiger partial charge in [-0.1, -0.05) is 12.1 Å². The van der Waals surface area contributed by atoms with Gasteiger partial charge in [-0.25, -0.2) is 4.79 Å². The second-order valence-electron chi connectivity index (χ2n) is 9.36. The van der Waals surface area contributed by atoms with Crippen LogP contribution in [0.25, 0.3) is 0 Å². The number of guanidine groups is 1. The van der Waals surface area contributed by atoms with Crippen molar-refractivity contribution in [3.8, 4) is 5.75 Å². The number of hydrogen-bond acceptors (Lipinski definition) is 8. The van der Waals surface area contributed by atoms with Gasteiger partial charge in [0.25, 0.3) is 0 Å². The molecule has 1 saturated heterocycles. The zero-order valence-corrected chi connectivity index (χ0v) is 22.9. The minimum Gasteiger partial charge on any atom is -0.508 e. The summed E-state index contributed by atoms with van der Waals surface area (Å²) in [5.74, 6) is -2.19. The van der Waals surface area contributed by atoms with Crippen LogP contribution in [0.2, 0.25) is 0 Å². The molecule has 1 aromatic rings. The number of amides is 3. The maximum Gasteiger partial charge on any atom is 0.326 e. The van der Waals surface area contributed by atoms with E-state index < -0.39 is 47.9 Å². The summed E-state index contributed by atoms with van der Waals surface area (Å²) in [6.45, 7) is 0.564. The topological polar surface area (TPSA) is 226 Å². The number of aliphatic imine (C=N–C) groups is 1. The van der Waals surface area contributed by atoms with Crippen LogP contribution in [-0.2, 0) is 25.6 Å². The number of carbonyl (C=O) groups excluding carboxylic acids is 3. The lowest BCUT2D eigenvalue weighted by molar-refractivity contribution is -0.143. The summed E-state index contributed by atoms with van der Waals surface area (Å²) in [5, 5.41) is 24.2. The van der Waals surface area contributed by atoms with Gasteiger partial charge < -0.3 is 42.9 Å². The van der Waals surface area contributed by atoms with Gasteiger partial charge in [0.1, 0.15) is 23.9 Å². The van der Waals surface area contributed by atoms with Crippen LogP contribution in [0.15, 0.2) is 29.3 Å². The molecule has 0 aromatic heterocycles. The Bertz CT molecular complexity index is 1020. The third-order valence-corrected chi connectivity index (χ3v) is 7.00. The first-order chi connectivity index (χ1) is 18.5. The number of carboxylic acids is 1. The number of thioether (sulfide) groups is 1. The highest BCUT2D eigenvalue weighted by Crippen LogP contribution is 2.20. The largest absolute Gasteiger partial charge is 0.508 e. The van der Waals surface area contributed by atoms with E-state index in [0.29, 0.717) is 31.6 Å². The molecule has 1 aliphatic heterocycles. The Morgan fingerprint density at radius 2 is 1.82 bits per heavy atom. The van der Waals surface area contributed by atoms with E-state index in [0.717, 1.165) is 5.56 Å². The number of carbonyl (C=O) groups is 4. The molecule has 10 N–H and O–H groups in total. The average Bonchev–Trinajstić information content (AvgIpc) is 3.38. The smallest absolute Gasteiger partial charge is 0.326 e. The van der Waals surface area contributed by atoms with E-state index in [9.17, 15) is 29.4 Å². The molecular weight excluding hydrogens is 526 g/mol. The van der Waals surface area contributed by atoms with Crippen LogP contribution >= 0.6 is 11.8 Å². The quantitative estimate of drug-likeness (QED) is 0.0788. The van der Waals surface area contributed by atoms with Crippen LogP contribution < -0.4 is 27.8 Å². The number of phenolic OH excluding ortho intramolecular Hbond substituents is 1. The zero-order chi connectivity index (χ0) is 28.9. The van der Waals surface area contributed by atoms with Gasteiger partial charge in [0.2, 0.25) is 17.7 Å². The molecule has 1 heterocycles. The van der Waals surface area contributed by atoms with Gasteiger partial charge in [0, 0.05) is 13.1 Å². The Morgan fingerprint density at radius 1 is 1.13 bits per heavy atom. The van der Waals surface area contributed by atoms with E-state index >= 15 is 0 Å². The van der Waals surface area contributed by atoms with Gasteiger partial charge in [0.15, 0.2) is 5.96 Å². The standard InChI is InChI=1S/C25H39N7O6S/c1-39-13-10-19(24(37)38)31-21(34)18(4-2-11-29-25(27)28)30-22(35)20-5-3-12-32(20)23(36)17(26)14-15-6-8-16(33)9-7-15/h6-9,17-20,33H,2-5,10-14,26H2,1H3,(H,30,35)(H,31,34)(H,37,38)(H4,27,28,29). The lowest BCUT2D eigenvalue weighted by Gasteiger charge is -2.28. The maximum absolute atomic E-state index is 13.3. The van der Waals surface area contributed by atoms with Gasteiger partial charge in [-0.3, -0.25) is 19.4 Å². The van der Waals surface area contributed by atoms with Crippen molar-refractivity contribution in [2.45, 2.75) is 62.7 Å². The third-order valence-electron chi connectivity index (χ3n) is 6.35. The number of aromatic hydroxyl groups is 1. The third kappa shape index (κ3) is 10.3. The number of phenols is 1. The Labute approximate surface area is 231 Å². The molecule has 2 rings (SSSR count). The molecule has 0 radical (unpaired) electrons. The van der Waals surface area contributed by atoms with Gasteiger partial charge >= 0.3 is 5.97 Å². The molecule has 13 nitrogen and oxygen atoms in total. The number of hydrogen-bond donors (Lipinski definition) is 7. The van der Waals surface area contributed by atoms with Crippen molar-refractivity contribution in [1.29, 1.82) is 0 Å². The number of nitrogens with two attached hydrogens (primary N) is 3. The Kier molecular flexibility index (Phi) is 12.8. The summed E-state index contributed by atoms with van der Waals surface area (Å²) in [5.41, 5.74) is 17.6. The molecule has 14 heteroatoms. The van der Waals surface area contributed by atoms with Crippen LogP contribution in [0.3, 0.4) is 0 Å². The van der Waals surface area contributed by atoms with Crippen LogP contribution in [-0.4, -0.2) is 94.0 Å². The van der Waals surface area contributed by atoms with Crippen molar-refractivity contribution in [1.82, 2.24) is 15.5 Å². The average molecular weight is 566 g/mol. The van der Waals surface area contributed by atoms with Crippen molar-refractivity contribution in [2.24, 2.45) is 22.2 Å². The van der Waals surface area contributed by atoms with E-state index in [2.05, 4.69) is 15.6 Å². The number of nitrogens with zero attached hydrogens (tertiary/aromatic N) is 2. The van der Waals surface area contributed by atoms with E-state index in [-0.39, 0.29) is 37.5 Å². The van der Waals surface area contributed by atoms with Crippen molar-refractivity contribution < 1.29 is 29.4 Å². The highest BCUT2D eigenvalue weighted by atomic mass is 32.2. The first kappa shape index (κ1) is 31.7. The first-order valence-corrected chi connectivity index (χ1v) is 14.1. The molecule has 1 aliphatic rings. The van der Waals surface area contributed by atoms with Crippen LogP contribution in [0.1, 0.15) is 37.7 Å². The second kappa shape index (κ2) is 15.8. The summed E-state index contributed by atoms with van der Waals surface area (Å²) in [7, 11) is 0. The van der Waals surface area contributed by atoms with Gasteiger partial charge in [-0.2, -0.15) is 11.8 Å². The van der Waals surface area contributed by atoms with Gasteiger partial charge in [-0.05, 0) is 68.2 Å². The fourth-order valence-electron chi connectivity index (χ4n) is 4.30. The number of nitrogens with one attached hydrogen (secondary N) is 2. The lowest BCUT2D eigenvalue weighted by Crippen LogP contribution is -2.56. The molecule has 216 valence electrons. The highest BCUT2D eigenvalue weighted by molar-refractivity contribution is 7.98. The number of aliphatic carboxylic acids is 1. The van der Waals surface area contributed by atoms with E-state index in [1.165, 1.54) is 28.8 Å². The summed E-state index contributed by atoms with van der Waals surface area (Å²) in [6, 6.07) is 2.49. The van der Waals surface area contributed by atoms with Crippen molar-refractivity contribution in [3.63, 3.8) is 0 Å². The van der Waals surface area contributed by atoms with Gasteiger partial charge in [0.05, 0.1) is 6.04 Å². The molecule has 1 fully saturated rings. The van der Waals surface area contributed by atoms with Crippen molar-refractivity contribution in [2.75, 3.05) is 25.1 Å². The lowest BCUT2D eigenvalue weighted by atomic mass is 10.0. The van der Waals surface area contributed by atoms with Crippen LogP contribution in [0.4, 0.5) is 0 Å². The van der Waals surface area contributed by atoms with Crippen molar-refractivity contribution >= 4 is 41.4 Å². The summed E-state index contributed by atoms with van der Waals surface area (Å²) < 4.78 is 0. The molecule has 4 unspecified atom stereocenters. The fraction of sp³-hybridized carbons (Fsp3) is 0.560. The highest BCUT2D eigenvalue weighted by Gasteiger charge is 2.38. The molecular formula is C25H39N7O6S. The predicted molar refractivity (Wildman–Crippen MR) is 149 cm³/mol. The minimum atomic E-state index is -1.17. The second-order valence-corrected chi connectivity index (χ2v) is 10.3. The molecule has 0 bridgehead atoms. The Balaban J connectivity index is 2.10. The summed E-state index contributed by atoms with van der Waals surface area (Å²) >= 11 is 1.45. The fourth-order valence-corrected chi connectivity index (χ4v) is 4.77. The van der Waals surface area contributed by atoms with Crippen molar-refractivity contribution in [3.05, 3.63) is 29.8 Å². The normalized spacial score (nSPS) is 17.1. The number of likely N-dealkylation sites (tertiary alicyclic amines) is 1.